The molecule has 0 radical (unpaired) electrons. The molecule has 0 aromatic rings. The van der Waals surface area contributed by atoms with Gasteiger partial charge < -0.3 is 14.6 Å². The standard InChI is InChI=1S/C9H16O3/c1-2-8(10)4-3-5-9-11-6-7-12-9/h2,8-10H,1,3-7H2. The minimum atomic E-state index is -0.383. The molecule has 0 aliphatic carbocycles. The average Bonchev–Trinajstić information content (AvgIpc) is 2.57. The predicted octanol–water partition coefficient (Wildman–Crippen LogP) is 1.08. The van der Waals surface area contributed by atoms with Crippen molar-refractivity contribution in [2.75, 3.05) is 13.2 Å². The highest BCUT2D eigenvalue weighted by Crippen LogP contribution is 2.12. The number of aliphatic hydroxyl groups is 1. The summed E-state index contributed by atoms with van der Waals surface area (Å²) in [5.74, 6) is 0. The van der Waals surface area contributed by atoms with Crippen molar-refractivity contribution in [3.63, 3.8) is 0 Å². The zero-order valence-electron chi connectivity index (χ0n) is 7.24. The summed E-state index contributed by atoms with van der Waals surface area (Å²) >= 11 is 0. The van der Waals surface area contributed by atoms with E-state index in [-0.39, 0.29) is 12.4 Å². The van der Waals surface area contributed by atoms with E-state index in [1.807, 2.05) is 0 Å². The molecule has 0 bridgehead atoms. The number of aliphatic hydroxyl groups excluding tert-OH is 1. The minimum Gasteiger partial charge on any atom is -0.389 e. The second-order valence-corrected chi connectivity index (χ2v) is 2.91. The zero-order chi connectivity index (χ0) is 8.81. The van der Waals surface area contributed by atoms with E-state index in [1.54, 1.807) is 6.08 Å². The van der Waals surface area contributed by atoms with Crippen LogP contribution in [0.15, 0.2) is 12.7 Å². The molecular weight excluding hydrogens is 156 g/mol. The Balaban J connectivity index is 1.97. The third-order valence-electron chi connectivity index (χ3n) is 1.90. The minimum absolute atomic E-state index is 0.0398. The van der Waals surface area contributed by atoms with E-state index < -0.39 is 0 Å². The van der Waals surface area contributed by atoms with E-state index in [0.29, 0.717) is 13.2 Å². The maximum Gasteiger partial charge on any atom is 0.157 e. The highest BCUT2D eigenvalue weighted by molar-refractivity contribution is 4.77. The molecule has 0 saturated carbocycles. The van der Waals surface area contributed by atoms with Gasteiger partial charge in [0, 0.05) is 0 Å². The SMILES string of the molecule is C=CC(O)CCCC1OCCO1. The van der Waals surface area contributed by atoms with Crippen molar-refractivity contribution >= 4 is 0 Å². The van der Waals surface area contributed by atoms with Crippen LogP contribution in [0.3, 0.4) is 0 Å². The number of hydrogen-bond acceptors (Lipinski definition) is 3. The molecule has 1 saturated heterocycles. The van der Waals surface area contributed by atoms with E-state index in [4.69, 9.17) is 14.6 Å². The summed E-state index contributed by atoms with van der Waals surface area (Å²) in [6.45, 7) is 4.90. The molecule has 70 valence electrons. The molecule has 0 spiro atoms. The molecule has 0 amide bonds. The van der Waals surface area contributed by atoms with Crippen molar-refractivity contribution in [3.05, 3.63) is 12.7 Å². The average molecular weight is 172 g/mol. The summed E-state index contributed by atoms with van der Waals surface area (Å²) < 4.78 is 10.5. The van der Waals surface area contributed by atoms with Gasteiger partial charge in [-0.2, -0.15) is 0 Å². The normalized spacial score (nSPS) is 21.1. The molecule has 1 aliphatic rings. The molecule has 1 rings (SSSR count). The fourth-order valence-electron chi connectivity index (χ4n) is 1.19. The number of ether oxygens (including phenoxy) is 2. The Hall–Kier alpha value is -0.380. The largest absolute Gasteiger partial charge is 0.389 e. The Kier molecular flexibility index (Phi) is 4.29. The first-order valence-electron chi connectivity index (χ1n) is 4.37. The van der Waals surface area contributed by atoms with Gasteiger partial charge in [-0.05, 0) is 19.3 Å². The van der Waals surface area contributed by atoms with E-state index in [2.05, 4.69) is 6.58 Å². The van der Waals surface area contributed by atoms with Crippen LogP contribution in [0.2, 0.25) is 0 Å². The van der Waals surface area contributed by atoms with Crippen molar-refractivity contribution in [3.8, 4) is 0 Å². The van der Waals surface area contributed by atoms with Crippen molar-refractivity contribution in [1.29, 1.82) is 0 Å². The van der Waals surface area contributed by atoms with Crippen LogP contribution in [0.1, 0.15) is 19.3 Å². The summed E-state index contributed by atoms with van der Waals surface area (Å²) in [4.78, 5) is 0. The Morgan fingerprint density at radius 3 is 2.75 bits per heavy atom. The lowest BCUT2D eigenvalue weighted by Crippen LogP contribution is -2.09. The first-order valence-corrected chi connectivity index (χ1v) is 4.37. The van der Waals surface area contributed by atoms with Crippen LogP contribution in [0.5, 0.6) is 0 Å². The molecule has 1 fully saturated rings. The maximum absolute atomic E-state index is 9.13. The summed E-state index contributed by atoms with van der Waals surface area (Å²) in [6.07, 6.45) is 3.65. The molecule has 1 atom stereocenters. The van der Waals surface area contributed by atoms with Crippen LogP contribution < -0.4 is 0 Å². The fourth-order valence-corrected chi connectivity index (χ4v) is 1.19. The van der Waals surface area contributed by atoms with Gasteiger partial charge >= 0.3 is 0 Å². The smallest absolute Gasteiger partial charge is 0.157 e. The van der Waals surface area contributed by atoms with Gasteiger partial charge in [0.15, 0.2) is 6.29 Å². The lowest BCUT2D eigenvalue weighted by molar-refractivity contribution is -0.0489. The first kappa shape index (κ1) is 9.71. The van der Waals surface area contributed by atoms with Crippen LogP contribution in [-0.4, -0.2) is 30.7 Å². The third-order valence-corrected chi connectivity index (χ3v) is 1.90. The van der Waals surface area contributed by atoms with Crippen molar-refractivity contribution in [2.24, 2.45) is 0 Å². The molecule has 3 nitrogen and oxygen atoms in total. The molecule has 1 unspecified atom stereocenters. The monoisotopic (exact) mass is 172 g/mol. The van der Waals surface area contributed by atoms with Gasteiger partial charge in [-0.15, -0.1) is 6.58 Å². The molecule has 1 aliphatic heterocycles. The van der Waals surface area contributed by atoms with E-state index in [1.165, 1.54) is 0 Å². The van der Waals surface area contributed by atoms with Crippen LogP contribution in [0.4, 0.5) is 0 Å². The molecular formula is C9H16O3. The Labute approximate surface area is 73.0 Å². The van der Waals surface area contributed by atoms with Gasteiger partial charge in [0.1, 0.15) is 0 Å². The zero-order valence-corrected chi connectivity index (χ0v) is 7.24. The van der Waals surface area contributed by atoms with Crippen LogP contribution in [-0.2, 0) is 9.47 Å². The summed E-state index contributed by atoms with van der Waals surface area (Å²) in [5.41, 5.74) is 0. The van der Waals surface area contributed by atoms with Crippen molar-refractivity contribution < 1.29 is 14.6 Å². The van der Waals surface area contributed by atoms with E-state index in [9.17, 15) is 0 Å². The summed E-state index contributed by atoms with van der Waals surface area (Å²) in [6, 6.07) is 0. The van der Waals surface area contributed by atoms with E-state index >= 15 is 0 Å². The number of hydrogen-bond donors (Lipinski definition) is 1. The molecule has 1 N–H and O–H groups in total. The second kappa shape index (κ2) is 5.30. The summed E-state index contributed by atoms with van der Waals surface area (Å²) in [5, 5.41) is 9.13. The third kappa shape index (κ3) is 3.34. The summed E-state index contributed by atoms with van der Waals surface area (Å²) in [7, 11) is 0. The molecule has 0 aromatic heterocycles. The van der Waals surface area contributed by atoms with Crippen LogP contribution in [0.25, 0.3) is 0 Å². The predicted molar refractivity (Wildman–Crippen MR) is 45.7 cm³/mol. The first-order chi connectivity index (χ1) is 5.83. The Morgan fingerprint density at radius 2 is 2.17 bits per heavy atom. The molecule has 3 heteroatoms. The van der Waals surface area contributed by atoms with Gasteiger partial charge in [0.25, 0.3) is 0 Å². The lowest BCUT2D eigenvalue weighted by Gasteiger charge is -2.09. The van der Waals surface area contributed by atoms with Crippen molar-refractivity contribution in [1.82, 2.24) is 0 Å². The van der Waals surface area contributed by atoms with Gasteiger partial charge in [0.05, 0.1) is 19.3 Å². The highest BCUT2D eigenvalue weighted by atomic mass is 16.7. The second-order valence-electron chi connectivity index (χ2n) is 2.91. The Bertz CT molecular complexity index is 130. The van der Waals surface area contributed by atoms with Crippen LogP contribution >= 0.6 is 0 Å². The van der Waals surface area contributed by atoms with Gasteiger partial charge in [-0.1, -0.05) is 6.08 Å². The quantitative estimate of drug-likeness (QED) is 0.630. The molecule has 1 heterocycles. The lowest BCUT2D eigenvalue weighted by atomic mass is 10.1. The Morgan fingerprint density at radius 1 is 1.50 bits per heavy atom. The number of rotatable bonds is 5. The van der Waals surface area contributed by atoms with Crippen LogP contribution in [0, 0.1) is 0 Å². The topological polar surface area (TPSA) is 38.7 Å². The fraction of sp³-hybridized carbons (Fsp3) is 0.778. The molecule has 0 aromatic carbocycles. The maximum atomic E-state index is 9.13. The van der Waals surface area contributed by atoms with Crippen molar-refractivity contribution in [2.45, 2.75) is 31.7 Å². The molecule has 12 heavy (non-hydrogen) atoms. The van der Waals surface area contributed by atoms with E-state index in [0.717, 1.165) is 19.3 Å². The highest BCUT2D eigenvalue weighted by Gasteiger charge is 2.15. The van der Waals surface area contributed by atoms with Gasteiger partial charge in [-0.3, -0.25) is 0 Å². The van der Waals surface area contributed by atoms with Gasteiger partial charge in [0.2, 0.25) is 0 Å². The van der Waals surface area contributed by atoms with Gasteiger partial charge in [-0.25, -0.2) is 0 Å².